The van der Waals surface area contributed by atoms with Crippen LogP contribution in [0.25, 0.3) is 0 Å². The lowest BCUT2D eigenvalue weighted by Gasteiger charge is -2.14. The zero-order chi connectivity index (χ0) is 13.8. The highest BCUT2D eigenvalue weighted by molar-refractivity contribution is 9.10. The van der Waals surface area contributed by atoms with Crippen LogP contribution >= 0.6 is 31.9 Å². The number of hydrogen-bond donors (Lipinski definition) is 1. The summed E-state index contributed by atoms with van der Waals surface area (Å²) in [5, 5.41) is 10.3. The van der Waals surface area contributed by atoms with Gasteiger partial charge in [0.2, 0.25) is 0 Å². The van der Waals surface area contributed by atoms with Gasteiger partial charge in [0, 0.05) is 15.4 Å². The van der Waals surface area contributed by atoms with Crippen LogP contribution in [0.5, 0.6) is 5.75 Å². The molecule has 2 nitrogen and oxygen atoms in total. The molecule has 1 unspecified atom stereocenters. The van der Waals surface area contributed by atoms with Gasteiger partial charge in [-0.05, 0) is 41.5 Å². The zero-order valence-electron chi connectivity index (χ0n) is 10.4. The van der Waals surface area contributed by atoms with Crippen LogP contribution in [0.1, 0.15) is 17.2 Å². The molecule has 0 bridgehead atoms. The smallest absolute Gasteiger partial charge is 0.119 e. The molecule has 1 atom stereocenters. The van der Waals surface area contributed by atoms with Crippen molar-refractivity contribution in [3.05, 3.63) is 62.5 Å². The molecule has 0 saturated carbocycles. The fourth-order valence-corrected chi connectivity index (χ4v) is 2.63. The average molecular weight is 386 g/mol. The molecule has 1 N–H and O–H groups in total. The van der Waals surface area contributed by atoms with Gasteiger partial charge in [-0.25, -0.2) is 0 Å². The van der Waals surface area contributed by atoms with Gasteiger partial charge in [0.1, 0.15) is 5.75 Å². The van der Waals surface area contributed by atoms with Gasteiger partial charge in [0.25, 0.3) is 0 Å². The minimum absolute atomic E-state index is 0.564. The zero-order valence-corrected chi connectivity index (χ0v) is 13.6. The Bertz CT molecular complexity index is 553. The van der Waals surface area contributed by atoms with Crippen molar-refractivity contribution in [3.63, 3.8) is 0 Å². The lowest BCUT2D eigenvalue weighted by atomic mass is 10.0. The van der Waals surface area contributed by atoms with Gasteiger partial charge < -0.3 is 9.84 Å². The van der Waals surface area contributed by atoms with E-state index in [4.69, 9.17) is 4.74 Å². The number of hydrogen-bond acceptors (Lipinski definition) is 2. The summed E-state index contributed by atoms with van der Waals surface area (Å²) in [6.45, 7) is 0. The second kappa shape index (κ2) is 6.55. The lowest BCUT2D eigenvalue weighted by Crippen LogP contribution is -2.03. The van der Waals surface area contributed by atoms with Crippen molar-refractivity contribution in [1.29, 1.82) is 0 Å². The Morgan fingerprint density at radius 1 is 1.11 bits per heavy atom. The van der Waals surface area contributed by atoms with E-state index in [-0.39, 0.29) is 0 Å². The first-order chi connectivity index (χ1) is 9.10. The Labute approximate surface area is 129 Å². The summed E-state index contributed by atoms with van der Waals surface area (Å²) in [6.07, 6.45) is 0.00429. The third kappa shape index (κ3) is 3.81. The maximum Gasteiger partial charge on any atom is 0.119 e. The molecular weight excluding hydrogens is 372 g/mol. The van der Waals surface area contributed by atoms with E-state index in [9.17, 15) is 5.11 Å². The van der Waals surface area contributed by atoms with Crippen molar-refractivity contribution in [2.45, 2.75) is 12.5 Å². The van der Waals surface area contributed by atoms with Crippen LogP contribution in [0.4, 0.5) is 0 Å². The third-order valence-electron chi connectivity index (χ3n) is 2.90. The SMILES string of the molecule is COc1ccc(Br)c(C(O)Cc2ccc(Br)cc2)c1. The molecule has 19 heavy (non-hydrogen) atoms. The Kier molecular flexibility index (Phi) is 5.02. The van der Waals surface area contributed by atoms with E-state index in [1.807, 2.05) is 42.5 Å². The molecular formula is C15H14Br2O2. The highest BCUT2D eigenvalue weighted by atomic mass is 79.9. The summed E-state index contributed by atoms with van der Waals surface area (Å²) in [6, 6.07) is 13.6. The van der Waals surface area contributed by atoms with Crippen LogP contribution in [-0.2, 0) is 6.42 Å². The number of aliphatic hydroxyl groups excluding tert-OH is 1. The van der Waals surface area contributed by atoms with Gasteiger partial charge in [0.15, 0.2) is 0 Å². The van der Waals surface area contributed by atoms with E-state index in [1.54, 1.807) is 7.11 Å². The molecule has 0 aliphatic heterocycles. The molecule has 2 aromatic rings. The molecule has 0 heterocycles. The molecule has 2 rings (SSSR count). The Balaban J connectivity index is 2.19. The van der Waals surface area contributed by atoms with E-state index >= 15 is 0 Å². The van der Waals surface area contributed by atoms with Crippen molar-refractivity contribution in [1.82, 2.24) is 0 Å². The Morgan fingerprint density at radius 2 is 1.79 bits per heavy atom. The molecule has 0 amide bonds. The first-order valence-electron chi connectivity index (χ1n) is 5.86. The molecule has 0 spiro atoms. The van der Waals surface area contributed by atoms with Gasteiger partial charge in [-0.1, -0.05) is 44.0 Å². The van der Waals surface area contributed by atoms with Crippen LogP contribution < -0.4 is 4.74 Å². The number of methoxy groups -OCH3 is 1. The van der Waals surface area contributed by atoms with Crippen molar-refractivity contribution in [2.75, 3.05) is 7.11 Å². The first-order valence-corrected chi connectivity index (χ1v) is 7.44. The number of rotatable bonds is 4. The second-order valence-corrected chi connectivity index (χ2v) is 6.00. The largest absolute Gasteiger partial charge is 0.497 e. The van der Waals surface area contributed by atoms with Crippen molar-refractivity contribution < 1.29 is 9.84 Å². The molecule has 2 aromatic carbocycles. The van der Waals surface area contributed by atoms with Gasteiger partial charge in [-0.15, -0.1) is 0 Å². The number of halogens is 2. The highest BCUT2D eigenvalue weighted by Crippen LogP contribution is 2.29. The first kappa shape index (κ1) is 14.6. The van der Waals surface area contributed by atoms with Crippen LogP contribution in [-0.4, -0.2) is 12.2 Å². The van der Waals surface area contributed by atoms with Crippen LogP contribution in [0.15, 0.2) is 51.4 Å². The molecule has 0 aliphatic carbocycles. The quantitative estimate of drug-likeness (QED) is 0.839. The summed E-state index contributed by atoms with van der Waals surface area (Å²) in [4.78, 5) is 0. The molecule has 0 aromatic heterocycles. The number of aliphatic hydroxyl groups is 1. The maximum absolute atomic E-state index is 10.3. The number of benzene rings is 2. The predicted octanol–water partition coefficient (Wildman–Crippen LogP) is 4.50. The highest BCUT2D eigenvalue weighted by Gasteiger charge is 2.13. The van der Waals surface area contributed by atoms with Crippen molar-refractivity contribution in [2.24, 2.45) is 0 Å². The Morgan fingerprint density at radius 3 is 2.42 bits per heavy atom. The minimum atomic E-state index is -0.564. The summed E-state index contributed by atoms with van der Waals surface area (Å²) in [5.41, 5.74) is 1.92. The number of ether oxygens (including phenoxy) is 1. The molecule has 0 saturated heterocycles. The fraction of sp³-hybridized carbons (Fsp3) is 0.200. The van der Waals surface area contributed by atoms with E-state index in [1.165, 1.54) is 0 Å². The summed E-state index contributed by atoms with van der Waals surface area (Å²) < 4.78 is 7.11. The molecule has 100 valence electrons. The molecule has 0 fully saturated rings. The van der Waals surface area contributed by atoms with Gasteiger partial charge in [-0.2, -0.15) is 0 Å². The fourth-order valence-electron chi connectivity index (χ4n) is 1.86. The minimum Gasteiger partial charge on any atom is -0.497 e. The molecule has 0 aliphatic rings. The Hall–Kier alpha value is -0.840. The van der Waals surface area contributed by atoms with Crippen molar-refractivity contribution in [3.8, 4) is 5.75 Å². The topological polar surface area (TPSA) is 29.5 Å². The summed E-state index contributed by atoms with van der Waals surface area (Å²) in [5.74, 6) is 0.744. The van der Waals surface area contributed by atoms with Gasteiger partial charge >= 0.3 is 0 Å². The monoisotopic (exact) mass is 384 g/mol. The lowest BCUT2D eigenvalue weighted by molar-refractivity contribution is 0.177. The van der Waals surface area contributed by atoms with E-state index in [0.717, 1.165) is 25.8 Å². The van der Waals surface area contributed by atoms with Crippen LogP contribution in [0, 0.1) is 0 Å². The molecule has 4 heteroatoms. The van der Waals surface area contributed by atoms with Crippen LogP contribution in [0.2, 0.25) is 0 Å². The summed E-state index contributed by atoms with van der Waals surface area (Å²) in [7, 11) is 1.62. The van der Waals surface area contributed by atoms with E-state index in [2.05, 4.69) is 31.9 Å². The van der Waals surface area contributed by atoms with E-state index < -0.39 is 6.10 Å². The van der Waals surface area contributed by atoms with Gasteiger partial charge in [-0.3, -0.25) is 0 Å². The third-order valence-corrected chi connectivity index (χ3v) is 4.16. The van der Waals surface area contributed by atoms with E-state index in [0.29, 0.717) is 6.42 Å². The second-order valence-electron chi connectivity index (χ2n) is 4.23. The van der Waals surface area contributed by atoms with Crippen LogP contribution in [0.3, 0.4) is 0 Å². The standard InChI is InChI=1S/C15H14Br2O2/c1-19-12-6-7-14(17)13(9-12)15(18)8-10-2-4-11(16)5-3-10/h2-7,9,15,18H,8H2,1H3. The average Bonchev–Trinajstić information content (AvgIpc) is 2.42. The van der Waals surface area contributed by atoms with Crippen molar-refractivity contribution >= 4 is 31.9 Å². The van der Waals surface area contributed by atoms with Gasteiger partial charge in [0.05, 0.1) is 13.2 Å². The molecule has 0 radical (unpaired) electrons. The maximum atomic E-state index is 10.3. The normalized spacial score (nSPS) is 12.2. The summed E-state index contributed by atoms with van der Waals surface area (Å²) >= 11 is 6.86. The predicted molar refractivity (Wildman–Crippen MR) is 83.5 cm³/mol.